The van der Waals surface area contributed by atoms with Crippen molar-refractivity contribution in [3.8, 4) is 40.2 Å². The van der Waals surface area contributed by atoms with Gasteiger partial charge in [0.1, 0.15) is 5.75 Å². The van der Waals surface area contributed by atoms with Gasteiger partial charge in [-0.25, -0.2) is 4.79 Å². The second kappa shape index (κ2) is 12.1. The van der Waals surface area contributed by atoms with E-state index >= 15 is 0 Å². The number of anilines is 1. The van der Waals surface area contributed by atoms with E-state index in [0.717, 1.165) is 11.3 Å². The normalized spacial score (nSPS) is 15.3. The fraction of sp³-hybridized carbons (Fsp3) is 0.375. The van der Waals surface area contributed by atoms with Crippen LogP contribution in [-0.4, -0.2) is 60.1 Å². The Balaban J connectivity index is 1.71. The van der Waals surface area contributed by atoms with Crippen molar-refractivity contribution in [2.24, 2.45) is 0 Å². The molecule has 1 atom stereocenters. The standard InChI is InChI=1S/C32H37NO9/c1-18-17-32(2,3)33(30(34)19-12-24(36-4)28(40-8)25(13-19)37-5)23-11-10-21(16-22(18)23)42-31(35)20-14-26(38-6)29(41-9)27(15-20)39-7/h10-16,18H,17H2,1-9H3. The van der Waals surface area contributed by atoms with Crippen LogP contribution in [0, 0.1) is 0 Å². The molecule has 1 unspecified atom stereocenters. The van der Waals surface area contributed by atoms with Crippen LogP contribution in [0.3, 0.4) is 0 Å². The average Bonchev–Trinajstić information content (AvgIpc) is 2.98. The van der Waals surface area contributed by atoms with Gasteiger partial charge in [0, 0.05) is 16.8 Å². The third kappa shape index (κ3) is 5.48. The number of fused-ring (bicyclic) bond motifs is 1. The highest BCUT2D eigenvalue weighted by atomic mass is 16.5. The topological polar surface area (TPSA) is 102 Å². The number of carbonyl (C=O) groups excluding carboxylic acids is 2. The van der Waals surface area contributed by atoms with Crippen molar-refractivity contribution in [3.05, 3.63) is 59.2 Å². The molecule has 4 rings (SSSR count). The van der Waals surface area contributed by atoms with Crippen LogP contribution in [0.5, 0.6) is 40.2 Å². The van der Waals surface area contributed by atoms with Gasteiger partial charge in [-0.3, -0.25) is 4.79 Å². The first kappa shape index (κ1) is 30.4. The molecule has 0 saturated heterocycles. The molecule has 3 aromatic rings. The molecule has 0 saturated carbocycles. The summed E-state index contributed by atoms with van der Waals surface area (Å²) in [6.07, 6.45) is 0.681. The van der Waals surface area contributed by atoms with Gasteiger partial charge >= 0.3 is 5.97 Å². The van der Waals surface area contributed by atoms with E-state index < -0.39 is 11.5 Å². The maximum Gasteiger partial charge on any atom is 0.343 e. The number of methoxy groups -OCH3 is 6. The average molecular weight is 580 g/mol. The number of amides is 1. The van der Waals surface area contributed by atoms with Crippen LogP contribution < -0.4 is 38.1 Å². The SMILES string of the molecule is COc1cc(C(=O)Oc2ccc3c(c2)C(C)CC(C)(C)N3C(=O)c2cc(OC)c(OC)c(OC)c2)cc(OC)c1OC. The van der Waals surface area contributed by atoms with Gasteiger partial charge in [-0.2, -0.15) is 0 Å². The lowest BCUT2D eigenvalue weighted by atomic mass is 9.79. The van der Waals surface area contributed by atoms with E-state index in [4.69, 9.17) is 33.2 Å². The van der Waals surface area contributed by atoms with Gasteiger partial charge in [-0.1, -0.05) is 6.92 Å². The van der Waals surface area contributed by atoms with Gasteiger partial charge in [-0.05, 0) is 74.2 Å². The molecular weight excluding hydrogens is 542 g/mol. The van der Waals surface area contributed by atoms with Crippen LogP contribution in [0.2, 0.25) is 0 Å². The van der Waals surface area contributed by atoms with E-state index in [9.17, 15) is 9.59 Å². The van der Waals surface area contributed by atoms with E-state index in [1.807, 2.05) is 13.8 Å². The molecule has 0 fully saturated rings. The molecule has 1 heterocycles. The zero-order chi connectivity index (χ0) is 30.8. The van der Waals surface area contributed by atoms with Gasteiger partial charge in [0.2, 0.25) is 11.5 Å². The largest absolute Gasteiger partial charge is 0.493 e. The summed E-state index contributed by atoms with van der Waals surface area (Å²) in [6.45, 7) is 6.15. The minimum Gasteiger partial charge on any atom is -0.493 e. The molecule has 0 spiro atoms. The Hall–Kier alpha value is -4.60. The Morgan fingerprint density at radius 1 is 0.714 bits per heavy atom. The summed E-state index contributed by atoms with van der Waals surface area (Å²) in [5.41, 5.74) is 1.71. The Morgan fingerprint density at radius 2 is 1.19 bits per heavy atom. The van der Waals surface area contributed by atoms with E-state index in [0.29, 0.717) is 52.2 Å². The van der Waals surface area contributed by atoms with E-state index in [1.54, 1.807) is 35.2 Å². The van der Waals surface area contributed by atoms with Crippen LogP contribution in [0.15, 0.2) is 42.5 Å². The summed E-state index contributed by atoms with van der Waals surface area (Å²) in [6, 6.07) is 11.6. The molecule has 0 bridgehead atoms. The zero-order valence-corrected chi connectivity index (χ0v) is 25.4. The number of carbonyl (C=O) groups is 2. The maximum atomic E-state index is 14.1. The van der Waals surface area contributed by atoms with Crippen molar-refractivity contribution in [1.29, 1.82) is 0 Å². The fourth-order valence-corrected chi connectivity index (χ4v) is 5.55. The molecule has 0 aromatic heterocycles. The highest BCUT2D eigenvalue weighted by molar-refractivity contribution is 6.08. The summed E-state index contributed by atoms with van der Waals surface area (Å²) < 4.78 is 38.2. The van der Waals surface area contributed by atoms with Crippen molar-refractivity contribution in [1.82, 2.24) is 0 Å². The van der Waals surface area contributed by atoms with Gasteiger partial charge < -0.3 is 38.1 Å². The Labute approximate surface area is 246 Å². The first-order valence-electron chi connectivity index (χ1n) is 13.3. The lowest BCUT2D eigenvalue weighted by Crippen LogP contribution is -2.51. The van der Waals surface area contributed by atoms with Crippen LogP contribution >= 0.6 is 0 Å². The first-order valence-corrected chi connectivity index (χ1v) is 13.3. The maximum absolute atomic E-state index is 14.1. The van der Waals surface area contributed by atoms with Gasteiger partial charge in [0.05, 0.1) is 48.2 Å². The minimum atomic E-state index is -0.594. The van der Waals surface area contributed by atoms with Crippen LogP contribution in [0.4, 0.5) is 5.69 Å². The molecule has 1 amide bonds. The Morgan fingerprint density at radius 3 is 1.64 bits per heavy atom. The zero-order valence-electron chi connectivity index (χ0n) is 25.4. The first-order chi connectivity index (χ1) is 20.0. The lowest BCUT2D eigenvalue weighted by Gasteiger charge is -2.46. The smallest absolute Gasteiger partial charge is 0.343 e. The van der Waals surface area contributed by atoms with E-state index in [2.05, 4.69) is 6.92 Å². The number of ether oxygens (including phenoxy) is 7. The minimum absolute atomic E-state index is 0.0822. The fourth-order valence-electron chi connectivity index (χ4n) is 5.55. The van der Waals surface area contributed by atoms with Crippen molar-refractivity contribution in [2.45, 2.75) is 38.6 Å². The summed E-state index contributed by atoms with van der Waals surface area (Å²) in [4.78, 5) is 29.0. The van der Waals surface area contributed by atoms with Crippen molar-refractivity contribution in [2.75, 3.05) is 47.6 Å². The highest BCUT2D eigenvalue weighted by Gasteiger charge is 2.41. The molecule has 0 aliphatic carbocycles. The molecule has 10 nitrogen and oxygen atoms in total. The van der Waals surface area contributed by atoms with Crippen LogP contribution in [-0.2, 0) is 0 Å². The number of benzene rings is 3. The molecule has 0 N–H and O–H groups in total. The van der Waals surface area contributed by atoms with E-state index in [-0.39, 0.29) is 17.4 Å². The summed E-state index contributed by atoms with van der Waals surface area (Å²) >= 11 is 0. The van der Waals surface area contributed by atoms with Crippen LogP contribution in [0.25, 0.3) is 0 Å². The van der Waals surface area contributed by atoms with Gasteiger partial charge in [0.25, 0.3) is 5.91 Å². The van der Waals surface area contributed by atoms with Crippen molar-refractivity contribution in [3.63, 3.8) is 0 Å². The Kier molecular flexibility index (Phi) is 8.75. The van der Waals surface area contributed by atoms with E-state index in [1.165, 1.54) is 54.8 Å². The van der Waals surface area contributed by atoms with Crippen molar-refractivity contribution >= 4 is 17.6 Å². The molecule has 1 aliphatic rings. The predicted molar refractivity (Wildman–Crippen MR) is 158 cm³/mol. The third-order valence-electron chi connectivity index (χ3n) is 7.41. The second-order valence-corrected chi connectivity index (χ2v) is 10.5. The number of rotatable bonds is 9. The molecule has 3 aromatic carbocycles. The number of esters is 1. The summed E-state index contributed by atoms with van der Waals surface area (Å²) in [5.74, 6) is 1.84. The molecule has 42 heavy (non-hydrogen) atoms. The molecule has 0 radical (unpaired) electrons. The third-order valence-corrected chi connectivity index (χ3v) is 7.41. The summed E-state index contributed by atoms with van der Waals surface area (Å²) in [7, 11) is 8.97. The Bertz CT molecular complexity index is 1450. The monoisotopic (exact) mass is 579 g/mol. The lowest BCUT2D eigenvalue weighted by molar-refractivity contribution is 0.0733. The summed E-state index contributed by atoms with van der Waals surface area (Å²) in [5, 5.41) is 0. The predicted octanol–water partition coefficient (Wildman–Crippen LogP) is 5.89. The number of hydrogen-bond donors (Lipinski definition) is 0. The van der Waals surface area contributed by atoms with Crippen molar-refractivity contribution < 1.29 is 42.7 Å². The number of hydrogen-bond acceptors (Lipinski definition) is 9. The highest BCUT2D eigenvalue weighted by Crippen LogP contribution is 2.47. The second-order valence-electron chi connectivity index (χ2n) is 10.5. The quantitative estimate of drug-likeness (QED) is 0.227. The molecule has 224 valence electrons. The molecule has 1 aliphatic heterocycles. The molecular formula is C32H37NO9. The van der Waals surface area contributed by atoms with Crippen LogP contribution in [0.1, 0.15) is 59.4 Å². The van der Waals surface area contributed by atoms with Gasteiger partial charge in [0.15, 0.2) is 23.0 Å². The molecule has 10 heteroatoms. The number of nitrogens with zero attached hydrogens (tertiary/aromatic N) is 1. The van der Waals surface area contributed by atoms with Gasteiger partial charge in [-0.15, -0.1) is 0 Å².